The van der Waals surface area contributed by atoms with Crippen LogP contribution >= 0.6 is 56.8 Å². The van der Waals surface area contributed by atoms with Crippen molar-refractivity contribution >= 4 is 56.8 Å². The first-order valence-corrected chi connectivity index (χ1v) is 7.42. The van der Waals surface area contributed by atoms with E-state index in [-0.39, 0.29) is 0 Å². The number of pyridine rings is 1. The van der Waals surface area contributed by atoms with Gasteiger partial charge in [-0.2, -0.15) is 0 Å². The molecule has 0 amide bonds. The quantitative estimate of drug-likeness (QED) is 0.436. The van der Waals surface area contributed by atoms with E-state index in [4.69, 9.17) is 16.3 Å². The van der Waals surface area contributed by atoms with Crippen LogP contribution in [0.4, 0.5) is 0 Å². The summed E-state index contributed by atoms with van der Waals surface area (Å²) in [6, 6.07) is 3.59. The minimum atomic E-state index is 0.458. The Bertz CT molecular complexity index is 599. The third-order valence-corrected chi connectivity index (χ3v) is 5.44. The molecular weight excluding hydrogens is 467 g/mol. The summed E-state index contributed by atoms with van der Waals surface area (Å²) in [5.41, 5.74) is 0. The number of imidazole rings is 1. The van der Waals surface area contributed by atoms with Gasteiger partial charge in [0.2, 0.25) is 0 Å². The number of fused-ring (bicyclic) bond motifs is 3. The fourth-order valence-electron chi connectivity index (χ4n) is 1.74. The third-order valence-electron chi connectivity index (χ3n) is 2.45. The summed E-state index contributed by atoms with van der Waals surface area (Å²) in [5.74, 6) is 2.44. The predicted molar refractivity (Wildman–Crippen MR) is 81.0 cm³/mol. The molecule has 0 spiro atoms. The third kappa shape index (κ3) is 2.03. The summed E-state index contributed by atoms with van der Waals surface area (Å²) >= 11 is 10.4. The summed E-state index contributed by atoms with van der Waals surface area (Å²) in [6.07, 6.45) is 0.771. The van der Waals surface area contributed by atoms with Gasteiger partial charge in [-0.1, -0.05) is 11.6 Å². The number of hydrogen-bond donors (Lipinski definition) is 0. The predicted octanol–water partition coefficient (Wildman–Crippen LogP) is 3.06. The molecule has 0 radical (unpaired) electrons. The number of nitrogens with zero attached hydrogens (tertiary/aromatic N) is 3. The number of ether oxygens (including phenoxy) is 1. The molecule has 7 heteroatoms. The van der Waals surface area contributed by atoms with E-state index in [1.807, 2.05) is 10.6 Å². The van der Waals surface area contributed by atoms with E-state index >= 15 is 0 Å². The second-order valence-electron chi connectivity index (χ2n) is 3.50. The SMILES string of the molecule is Clc1ccc2c(n1)-n1c(nc(I)c1I)CCO2. The molecule has 0 N–H and O–H groups in total. The van der Waals surface area contributed by atoms with Crippen LogP contribution in [-0.4, -0.2) is 21.1 Å². The molecule has 0 aromatic carbocycles. The summed E-state index contributed by atoms with van der Waals surface area (Å²) < 4.78 is 9.68. The van der Waals surface area contributed by atoms with Gasteiger partial charge < -0.3 is 4.74 Å². The van der Waals surface area contributed by atoms with Gasteiger partial charge in [0.25, 0.3) is 0 Å². The molecule has 88 valence electrons. The molecule has 0 unspecified atom stereocenters. The zero-order chi connectivity index (χ0) is 12.0. The van der Waals surface area contributed by atoms with Crippen LogP contribution < -0.4 is 4.74 Å². The van der Waals surface area contributed by atoms with Gasteiger partial charge in [0.1, 0.15) is 18.4 Å². The van der Waals surface area contributed by atoms with Crippen molar-refractivity contribution in [2.45, 2.75) is 6.42 Å². The van der Waals surface area contributed by atoms with Crippen LogP contribution in [0.15, 0.2) is 12.1 Å². The maximum absolute atomic E-state index is 5.95. The smallest absolute Gasteiger partial charge is 0.183 e. The van der Waals surface area contributed by atoms with Gasteiger partial charge >= 0.3 is 0 Å². The van der Waals surface area contributed by atoms with Crippen LogP contribution in [0.25, 0.3) is 5.82 Å². The highest BCUT2D eigenvalue weighted by molar-refractivity contribution is 14.1. The molecule has 2 aromatic rings. The van der Waals surface area contributed by atoms with Crippen molar-refractivity contribution in [1.82, 2.24) is 14.5 Å². The Morgan fingerprint density at radius 1 is 1.29 bits per heavy atom. The van der Waals surface area contributed by atoms with Crippen molar-refractivity contribution in [2.75, 3.05) is 6.61 Å². The van der Waals surface area contributed by atoms with Crippen molar-refractivity contribution in [3.8, 4) is 11.6 Å². The number of rotatable bonds is 0. The summed E-state index contributed by atoms with van der Waals surface area (Å²) in [6.45, 7) is 0.611. The van der Waals surface area contributed by atoms with Gasteiger partial charge in [-0.25, -0.2) is 9.97 Å². The zero-order valence-corrected chi connectivity index (χ0v) is 13.5. The van der Waals surface area contributed by atoms with Gasteiger partial charge in [-0.05, 0) is 57.3 Å². The second kappa shape index (κ2) is 4.54. The molecule has 1 aliphatic rings. The van der Waals surface area contributed by atoms with Crippen LogP contribution in [0.3, 0.4) is 0 Å². The average molecular weight is 473 g/mol. The van der Waals surface area contributed by atoms with Crippen LogP contribution in [0.5, 0.6) is 5.75 Å². The molecule has 17 heavy (non-hydrogen) atoms. The van der Waals surface area contributed by atoms with Gasteiger partial charge in [0.15, 0.2) is 11.6 Å². The van der Waals surface area contributed by atoms with Crippen LogP contribution in [0.2, 0.25) is 5.15 Å². The first-order valence-electron chi connectivity index (χ1n) is 4.89. The molecule has 0 atom stereocenters. The van der Waals surface area contributed by atoms with Crippen LogP contribution in [0, 0.1) is 7.40 Å². The summed E-state index contributed by atoms with van der Waals surface area (Å²) in [7, 11) is 0. The Morgan fingerprint density at radius 3 is 2.94 bits per heavy atom. The molecule has 3 heterocycles. The molecule has 0 fully saturated rings. The fraction of sp³-hybridized carbons (Fsp3) is 0.200. The molecule has 2 aromatic heterocycles. The summed E-state index contributed by atoms with van der Waals surface area (Å²) in [5, 5.41) is 0.458. The highest BCUT2D eigenvalue weighted by atomic mass is 127. The minimum absolute atomic E-state index is 0.458. The Balaban J connectivity index is 2.32. The van der Waals surface area contributed by atoms with E-state index in [1.165, 1.54) is 0 Å². The molecular formula is C10H6ClI2N3O. The molecule has 0 aliphatic carbocycles. The van der Waals surface area contributed by atoms with Crippen molar-refractivity contribution in [3.63, 3.8) is 0 Å². The average Bonchev–Trinajstić information content (AvgIpc) is 2.47. The minimum Gasteiger partial charge on any atom is -0.489 e. The van der Waals surface area contributed by atoms with Crippen LogP contribution in [0.1, 0.15) is 5.82 Å². The standard InChI is InChI=1S/C10H6ClI2N3O/c11-6-2-1-5-10(14-6)16-7(3-4-17-5)15-8(12)9(16)13/h1-2H,3-4H2. The molecule has 4 nitrogen and oxygen atoms in total. The highest BCUT2D eigenvalue weighted by Crippen LogP contribution is 2.30. The normalized spacial score (nSPS) is 13.6. The topological polar surface area (TPSA) is 39.9 Å². The Morgan fingerprint density at radius 2 is 2.12 bits per heavy atom. The maximum Gasteiger partial charge on any atom is 0.183 e. The van der Waals surface area contributed by atoms with E-state index in [1.54, 1.807) is 6.07 Å². The maximum atomic E-state index is 5.95. The van der Waals surface area contributed by atoms with Crippen molar-refractivity contribution < 1.29 is 4.74 Å². The van der Waals surface area contributed by atoms with Crippen LogP contribution in [-0.2, 0) is 6.42 Å². The lowest BCUT2D eigenvalue weighted by molar-refractivity contribution is 0.324. The fourth-order valence-corrected chi connectivity index (χ4v) is 3.03. The van der Waals surface area contributed by atoms with Gasteiger partial charge in [0, 0.05) is 6.42 Å². The molecule has 0 bridgehead atoms. The van der Waals surface area contributed by atoms with E-state index in [2.05, 4.69) is 55.1 Å². The number of halogens is 3. The Hall–Kier alpha value is -0.0900. The lowest BCUT2D eigenvalue weighted by Crippen LogP contribution is -2.03. The molecule has 3 rings (SSSR count). The van der Waals surface area contributed by atoms with E-state index in [0.717, 1.165) is 31.2 Å². The van der Waals surface area contributed by atoms with Gasteiger partial charge in [-0.3, -0.25) is 4.57 Å². The van der Waals surface area contributed by atoms with Crippen molar-refractivity contribution in [1.29, 1.82) is 0 Å². The molecule has 0 saturated heterocycles. The molecule has 1 aliphatic heterocycles. The lowest BCUT2D eigenvalue weighted by Gasteiger charge is -2.08. The first kappa shape index (κ1) is 12.0. The second-order valence-corrected chi connectivity index (χ2v) is 5.93. The zero-order valence-electron chi connectivity index (χ0n) is 8.45. The largest absolute Gasteiger partial charge is 0.489 e. The van der Waals surface area contributed by atoms with Gasteiger partial charge in [-0.15, -0.1) is 0 Å². The van der Waals surface area contributed by atoms with E-state index in [9.17, 15) is 0 Å². The van der Waals surface area contributed by atoms with Gasteiger partial charge in [0.05, 0.1) is 6.61 Å². The first-order chi connectivity index (χ1) is 8.16. The highest BCUT2D eigenvalue weighted by Gasteiger charge is 2.22. The summed E-state index contributed by atoms with van der Waals surface area (Å²) in [4.78, 5) is 8.86. The monoisotopic (exact) mass is 473 g/mol. The van der Waals surface area contributed by atoms with Crippen molar-refractivity contribution in [2.24, 2.45) is 0 Å². The Kier molecular flexibility index (Phi) is 3.20. The van der Waals surface area contributed by atoms with E-state index < -0.39 is 0 Å². The number of hydrogen-bond acceptors (Lipinski definition) is 3. The molecule has 0 saturated carbocycles. The van der Waals surface area contributed by atoms with Crippen molar-refractivity contribution in [3.05, 3.63) is 30.5 Å². The number of aromatic nitrogens is 3. The Labute approximate surface area is 130 Å². The lowest BCUT2D eigenvalue weighted by atomic mass is 10.4. The van der Waals surface area contributed by atoms with E-state index in [0.29, 0.717) is 11.8 Å².